The molecule has 23 heavy (non-hydrogen) atoms. The molecule has 3 rings (SSSR count). The summed E-state index contributed by atoms with van der Waals surface area (Å²) in [7, 11) is 1.64. The number of aromatic nitrogens is 1. The summed E-state index contributed by atoms with van der Waals surface area (Å²) in [6.45, 7) is 4.02. The standard InChI is InChI=1S/C19H20N2O2/c1-4-13-7-5-6-8-16(13)21-19(22)18-12(2)15-11-14(23-3)9-10-17(15)20-18/h5-11,20H,4H2,1-3H3,(H,21,22). The Hall–Kier alpha value is -2.75. The van der Waals surface area contributed by atoms with E-state index in [4.69, 9.17) is 4.74 Å². The third-order valence-corrected chi connectivity index (χ3v) is 4.14. The minimum atomic E-state index is -0.126. The average molecular weight is 308 g/mol. The number of hydrogen-bond acceptors (Lipinski definition) is 2. The van der Waals surface area contributed by atoms with Gasteiger partial charge in [0.2, 0.25) is 0 Å². The second-order valence-corrected chi connectivity index (χ2v) is 5.50. The number of carbonyl (C=O) groups excluding carboxylic acids is 1. The molecule has 0 aliphatic heterocycles. The van der Waals surface area contributed by atoms with Crippen LogP contribution in [-0.4, -0.2) is 18.0 Å². The number of aromatic amines is 1. The zero-order valence-electron chi connectivity index (χ0n) is 13.6. The number of nitrogens with one attached hydrogen (secondary N) is 2. The SMILES string of the molecule is CCc1ccccc1NC(=O)c1[nH]c2ccc(OC)cc2c1C. The second-order valence-electron chi connectivity index (χ2n) is 5.50. The van der Waals surface area contributed by atoms with Crippen molar-refractivity contribution in [1.82, 2.24) is 4.98 Å². The van der Waals surface area contributed by atoms with Gasteiger partial charge in [-0.05, 0) is 48.7 Å². The molecule has 1 heterocycles. The van der Waals surface area contributed by atoms with Crippen LogP contribution in [0.4, 0.5) is 5.69 Å². The molecule has 1 aromatic heterocycles. The van der Waals surface area contributed by atoms with Crippen LogP contribution in [0.5, 0.6) is 5.75 Å². The maximum absolute atomic E-state index is 12.7. The van der Waals surface area contributed by atoms with E-state index in [1.54, 1.807) is 7.11 Å². The third-order valence-electron chi connectivity index (χ3n) is 4.14. The van der Waals surface area contributed by atoms with Gasteiger partial charge in [0.15, 0.2) is 0 Å². The summed E-state index contributed by atoms with van der Waals surface area (Å²) < 4.78 is 5.26. The van der Waals surface area contributed by atoms with Crippen molar-refractivity contribution in [2.75, 3.05) is 12.4 Å². The van der Waals surface area contributed by atoms with Crippen molar-refractivity contribution in [2.45, 2.75) is 20.3 Å². The summed E-state index contributed by atoms with van der Waals surface area (Å²) in [5, 5.41) is 4.01. The molecular formula is C19H20N2O2. The highest BCUT2D eigenvalue weighted by Gasteiger charge is 2.16. The van der Waals surface area contributed by atoms with Crippen LogP contribution in [0.25, 0.3) is 10.9 Å². The molecule has 0 unspecified atom stereocenters. The van der Waals surface area contributed by atoms with Crippen LogP contribution in [0, 0.1) is 6.92 Å². The molecule has 118 valence electrons. The fourth-order valence-electron chi connectivity index (χ4n) is 2.80. The number of methoxy groups -OCH3 is 1. The summed E-state index contributed by atoms with van der Waals surface area (Å²) in [6.07, 6.45) is 0.874. The first kappa shape index (κ1) is 15.2. The molecule has 4 heteroatoms. The molecule has 4 nitrogen and oxygen atoms in total. The van der Waals surface area contributed by atoms with Crippen LogP contribution in [0.1, 0.15) is 28.5 Å². The molecule has 0 bridgehead atoms. The Morgan fingerprint density at radius 3 is 2.74 bits per heavy atom. The van der Waals surface area contributed by atoms with Gasteiger partial charge in [0.25, 0.3) is 5.91 Å². The summed E-state index contributed by atoms with van der Waals surface area (Å²) in [6, 6.07) is 13.6. The summed E-state index contributed by atoms with van der Waals surface area (Å²) >= 11 is 0. The predicted molar refractivity (Wildman–Crippen MR) is 93.4 cm³/mol. The highest BCUT2D eigenvalue weighted by Crippen LogP contribution is 2.27. The van der Waals surface area contributed by atoms with Crippen LogP contribution >= 0.6 is 0 Å². The van der Waals surface area contributed by atoms with Crippen molar-refractivity contribution in [1.29, 1.82) is 0 Å². The number of anilines is 1. The van der Waals surface area contributed by atoms with Gasteiger partial charge in [-0.15, -0.1) is 0 Å². The van der Waals surface area contributed by atoms with E-state index < -0.39 is 0 Å². The largest absolute Gasteiger partial charge is 0.497 e. The van der Waals surface area contributed by atoms with Crippen molar-refractivity contribution in [2.24, 2.45) is 0 Å². The molecule has 2 aromatic carbocycles. The van der Waals surface area contributed by atoms with Crippen LogP contribution in [-0.2, 0) is 6.42 Å². The van der Waals surface area contributed by atoms with E-state index in [1.807, 2.05) is 49.4 Å². The van der Waals surface area contributed by atoms with Crippen molar-refractivity contribution in [3.8, 4) is 5.75 Å². The van der Waals surface area contributed by atoms with E-state index >= 15 is 0 Å². The van der Waals surface area contributed by atoms with E-state index in [0.29, 0.717) is 5.69 Å². The summed E-state index contributed by atoms with van der Waals surface area (Å²) in [5.41, 5.74) is 4.41. The zero-order chi connectivity index (χ0) is 16.4. The Morgan fingerprint density at radius 1 is 1.22 bits per heavy atom. The lowest BCUT2D eigenvalue weighted by Crippen LogP contribution is -2.14. The number of amides is 1. The lowest BCUT2D eigenvalue weighted by atomic mass is 10.1. The van der Waals surface area contributed by atoms with E-state index in [0.717, 1.165) is 39.9 Å². The number of carbonyl (C=O) groups is 1. The highest BCUT2D eigenvalue weighted by molar-refractivity contribution is 6.08. The molecule has 0 spiro atoms. The fraction of sp³-hybridized carbons (Fsp3) is 0.211. The smallest absolute Gasteiger partial charge is 0.272 e. The Morgan fingerprint density at radius 2 is 2.00 bits per heavy atom. The van der Waals surface area contributed by atoms with Gasteiger partial charge in [-0.2, -0.15) is 0 Å². The van der Waals surface area contributed by atoms with E-state index in [2.05, 4.69) is 17.2 Å². The van der Waals surface area contributed by atoms with E-state index in [-0.39, 0.29) is 5.91 Å². The van der Waals surface area contributed by atoms with Gasteiger partial charge in [-0.1, -0.05) is 25.1 Å². The molecule has 1 amide bonds. The van der Waals surface area contributed by atoms with Gasteiger partial charge in [-0.25, -0.2) is 0 Å². The molecule has 0 saturated heterocycles. The second kappa shape index (κ2) is 6.16. The zero-order valence-corrected chi connectivity index (χ0v) is 13.6. The maximum atomic E-state index is 12.7. The monoisotopic (exact) mass is 308 g/mol. The molecular weight excluding hydrogens is 288 g/mol. The van der Waals surface area contributed by atoms with E-state index in [1.165, 1.54) is 0 Å². The Bertz CT molecular complexity index is 865. The number of aryl methyl sites for hydroxylation is 2. The Kier molecular flexibility index (Phi) is 4.06. The van der Waals surface area contributed by atoms with Crippen LogP contribution in [0.2, 0.25) is 0 Å². The van der Waals surface area contributed by atoms with Gasteiger partial charge in [-0.3, -0.25) is 4.79 Å². The third kappa shape index (κ3) is 2.80. The fourth-order valence-corrected chi connectivity index (χ4v) is 2.80. The Labute approximate surface area is 135 Å². The first-order chi connectivity index (χ1) is 11.1. The van der Waals surface area contributed by atoms with Crippen molar-refractivity contribution in [3.05, 3.63) is 59.3 Å². The van der Waals surface area contributed by atoms with Crippen LogP contribution in [0.15, 0.2) is 42.5 Å². The number of ether oxygens (including phenoxy) is 1. The number of hydrogen-bond donors (Lipinski definition) is 2. The number of benzene rings is 2. The van der Waals surface area contributed by atoms with Crippen molar-refractivity contribution in [3.63, 3.8) is 0 Å². The maximum Gasteiger partial charge on any atom is 0.272 e. The quantitative estimate of drug-likeness (QED) is 0.755. The molecule has 0 aliphatic carbocycles. The van der Waals surface area contributed by atoms with Gasteiger partial charge in [0, 0.05) is 16.6 Å². The van der Waals surface area contributed by atoms with Gasteiger partial charge < -0.3 is 15.0 Å². The lowest BCUT2D eigenvalue weighted by Gasteiger charge is -2.09. The van der Waals surface area contributed by atoms with Gasteiger partial charge in [0.1, 0.15) is 11.4 Å². The molecule has 2 N–H and O–H groups in total. The number of fused-ring (bicyclic) bond motifs is 1. The number of H-pyrrole nitrogens is 1. The molecule has 0 fully saturated rings. The Balaban J connectivity index is 1.96. The summed E-state index contributed by atoms with van der Waals surface area (Å²) in [5.74, 6) is 0.654. The van der Waals surface area contributed by atoms with Gasteiger partial charge in [0.05, 0.1) is 7.11 Å². The molecule has 0 radical (unpaired) electrons. The average Bonchev–Trinajstić information content (AvgIpc) is 2.91. The lowest BCUT2D eigenvalue weighted by molar-refractivity contribution is 0.102. The van der Waals surface area contributed by atoms with Gasteiger partial charge >= 0.3 is 0 Å². The predicted octanol–water partition coefficient (Wildman–Crippen LogP) is 4.30. The van der Waals surface area contributed by atoms with Crippen LogP contribution in [0.3, 0.4) is 0 Å². The molecule has 3 aromatic rings. The van der Waals surface area contributed by atoms with Crippen LogP contribution < -0.4 is 10.1 Å². The first-order valence-electron chi connectivity index (χ1n) is 7.69. The minimum Gasteiger partial charge on any atom is -0.497 e. The van der Waals surface area contributed by atoms with Crippen molar-refractivity contribution >= 4 is 22.5 Å². The highest BCUT2D eigenvalue weighted by atomic mass is 16.5. The topological polar surface area (TPSA) is 54.1 Å². The minimum absolute atomic E-state index is 0.126. The normalized spacial score (nSPS) is 10.7. The van der Waals surface area contributed by atoms with Crippen molar-refractivity contribution < 1.29 is 9.53 Å². The van der Waals surface area contributed by atoms with E-state index in [9.17, 15) is 4.79 Å². The number of rotatable bonds is 4. The summed E-state index contributed by atoms with van der Waals surface area (Å²) in [4.78, 5) is 15.9. The molecule has 0 atom stereocenters. The molecule has 0 aliphatic rings. The first-order valence-corrected chi connectivity index (χ1v) is 7.69. The number of para-hydroxylation sites is 1. The molecule has 0 saturated carbocycles.